The molecule has 2 heterocycles. The fraction of sp³-hybridized carbons (Fsp3) is 0.513. The third-order valence-electron chi connectivity index (χ3n) is 8.74. The summed E-state index contributed by atoms with van der Waals surface area (Å²) in [6, 6.07) is 10.9. The lowest BCUT2D eigenvalue weighted by atomic mass is 9.89. The Bertz CT molecular complexity index is 1680. The second-order valence-electron chi connectivity index (χ2n) is 13.8. The van der Waals surface area contributed by atoms with E-state index in [1.54, 1.807) is 55.1 Å². The zero-order chi connectivity index (χ0) is 42.3. The molecule has 58 heavy (non-hydrogen) atoms. The predicted octanol–water partition coefficient (Wildman–Crippen LogP) is 4.80. The Morgan fingerprint density at radius 2 is 1.59 bits per heavy atom. The summed E-state index contributed by atoms with van der Waals surface area (Å²) in [5.41, 5.74) is 6.35. The van der Waals surface area contributed by atoms with E-state index in [1.165, 1.54) is 10.8 Å². The van der Waals surface area contributed by atoms with Crippen LogP contribution in [0.3, 0.4) is 0 Å². The number of nitrogens with two attached hydrogens (primary N) is 1. The van der Waals surface area contributed by atoms with Gasteiger partial charge >= 0.3 is 18.1 Å². The van der Waals surface area contributed by atoms with Crippen molar-refractivity contribution in [3.63, 3.8) is 0 Å². The van der Waals surface area contributed by atoms with Gasteiger partial charge in [0.2, 0.25) is 11.8 Å². The number of ketones is 1. The Kier molecular flexibility index (Phi) is 21.1. The van der Waals surface area contributed by atoms with Gasteiger partial charge in [-0.1, -0.05) is 55.7 Å². The number of aromatic nitrogens is 1. The van der Waals surface area contributed by atoms with E-state index >= 15 is 0 Å². The van der Waals surface area contributed by atoms with Crippen LogP contribution in [0.1, 0.15) is 90.0 Å². The molecule has 1 saturated heterocycles. The molecule has 2 aromatic rings. The number of alkyl carbamates (subject to hydrolysis) is 1. The van der Waals surface area contributed by atoms with Crippen molar-refractivity contribution in [1.29, 1.82) is 0 Å². The van der Waals surface area contributed by atoms with Crippen LogP contribution in [0.25, 0.3) is 0 Å². The van der Waals surface area contributed by atoms with Crippen LogP contribution in [0.5, 0.6) is 0 Å². The van der Waals surface area contributed by atoms with E-state index in [4.69, 9.17) is 15.3 Å². The van der Waals surface area contributed by atoms with Crippen molar-refractivity contribution in [3.8, 4) is 0 Å². The molecule has 6 N–H and O–H groups in total. The number of amides is 7. The number of carbonyl (C=O) groups is 8. The third-order valence-corrected chi connectivity index (χ3v) is 11.0. The Hall–Kier alpha value is -5.17. The molecule has 1 aliphatic rings. The highest BCUT2D eigenvalue weighted by Gasteiger charge is 2.33. The lowest BCUT2D eigenvalue weighted by molar-refractivity contribution is -0.197. The first kappa shape index (κ1) is 47.2. The summed E-state index contributed by atoms with van der Waals surface area (Å²) < 4.78 is 5.30. The zero-order valence-corrected chi connectivity index (χ0v) is 34.5. The van der Waals surface area contributed by atoms with Gasteiger partial charge < -0.3 is 36.6 Å². The largest absolute Gasteiger partial charge is 0.445 e. The van der Waals surface area contributed by atoms with Gasteiger partial charge in [-0.25, -0.2) is 19.4 Å². The summed E-state index contributed by atoms with van der Waals surface area (Å²) in [5.74, 6) is -3.16. The van der Waals surface area contributed by atoms with Crippen LogP contribution in [0.15, 0.2) is 53.7 Å². The van der Waals surface area contributed by atoms with Crippen LogP contribution < -0.4 is 27.0 Å². The Balaban J connectivity index is 1.42. The number of carbonyl (C=O) groups excluding carboxylic acids is 8. The molecule has 17 nitrogen and oxygen atoms in total. The van der Waals surface area contributed by atoms with Crippen LogP contribution in [0, 0.1) is 11.8 Å². The smallest absolute Gasteiger partial charge is 0.407 e. The molecule has 19 heteroatoms. The molecule has 1 fully saturated rings. The van der Waals surface area contributed by atoms with E-state index in [0.29, 0.717) is 60.7 Å². The number of benzene rings is 1. The summed E-state index contributed by atoms with van der Waals surface area (Å²) in [7, 11) is 3.08. The van der Waals surface area contributed by atoms with Gasteiger partial charge in [-0.2, -0.15) is 0 Å². The molecule has 0 spiro atoms. The average molecular weight is 844 g/mol. The number of primary amides is 1. The van der Waals surface area contributed by atoms with Crippen LogP contribution in [0.2, 0.25) is 0 Å². The Morgan fingerprint density at radius 3 is 2.24 bits per heavy atom. The highest BCUT2D eigenvalue weighted by atomic mass is 33.1. The number of hydrogen-bond donors (Lipinski definition) is 5. The zero-order valence-electron chi connectivity index (χ0n) is 32.8. The summed E-state index contributed by atoms with van der Waals surface area (Å²) in [6.45, 7) is 4.25. The van der Waals surface area contributed by atoms with Crippen LogP contribution in [-0.4, -0.2) is 82.4 Å². The summed E-state index contributed by atoms with van der Waals surface area (Å²) in [5, 5.41) is 12.3. The lowest BCUT2D eigenvalue weighted by Crippen LogP contribution is -2.45. The minimum Gasteiger partial charge on any atom is -0.445 e. The van der Waals surface area contributed by atoms with Gasteiger partial charge in [0.05, 0.1) is 6.04 Å². The monoisotopic (exact) mass is 843 g/mol. The molecular weight excluding hydrogens is 791 g/mol. The minimum absolute atomic E-state index is 0.0195. The molecule has 0 bridgehead atoms. The number of nitrogens with zero attached hydrogens (tertiary/aromatic N) is 2. The lowest BCUT2D eigenvalue weighted by Gasteiger charge is -2.24. The van der Waals surface area contributed by atoms with E-state index < -0.39 is 47.8 Å². The van der Waals surface area contributed by atoms with Crippen molar-refractivity contribution in [3.05, 3.63) is 54.2 Å². The van der Waals surface area contributed by atoms with Gasteiger partial charge in [0.1, 0.15) is 11.6 Å². The average Bonchev–Trinajstić information content (AvgIpc) is 3.51. The fourth-order valence-electron chi connectivity index (χ4n) is 5.66. The molecule has 3 rings (SSSR count). The number of unbranched alkanes of at least 4 members (excludes halogenated alkanes) is 3. The molecule has 0 unspecified atom stereocenters. The molecule has 0 radical (unpaired) electrons. The van der Waals surface area contributed by atoms with Crippen molar-refractivity contribution < 1.29 is 47.9 Å². The van der Waals surface area contributed by atoms with Gasteiger partial charge in [0.25, 0.3) is 11.8 Å². The Morgan fingerprint density at radius 1 is 0.879 bits per heavy atom. The highest BCUT2D eigenvalue weighted by molar-refractivity contribution is 8.76. The molecule has 7 amide bonds. The molecule has 1 aromatic heterocycles. The standard InChI is InChI=1S/C39H53N7O10S2/c1-26(2)36(45-31(48)11-5-3-4-6-13-35(51)56-46-33(49)18-19-34(46)50)30(47)24-28(10-9-21-42-38(40)53)37(52)44-29-16-14-27(15-17-29)25-55-39(54)43-22-23-57-58-32-12-7-8-20-41-32/h7-8,12,14-17,20,26,28,36H,3-6,9-11,13,18-19,21-25H2,1-2H3,(H,43,54)(H,44,52)(H,45,48)(H3,40,42,53)/t28-,36+/m1/s1. The van der Waals surface area contributed by atoms with Crippen molar-refractivity contribution in [2.24, 2.45) is 17.6 Å². The fourth-order valence-corrected chi connectivity index (χ4v) is 7.44. The maximum absolute atomic E-state index is 13.6. The summed E-state index contributed by atoms with van der Waals surface area (Å²) in [4.78, 5) is 108. The number of anilines is 1. The normalized spacial score (nSPS) is 13.4. The van der Waals surface area contributed by atoms with Gasteiger partial charge in [-0.05, 0) is 72.2 Å². The Labute approximate surface area is 345 Å². The van der Waals surface area contributed by atoms with E-state index in [-0.39, 0.29) is 69.3 Å². The topological polar surface area (TPSA) is 245 Å². The number of hydroxylamine groups is 2. The molecule has 1 aromatic carbocycles. The van der Waals surface area contributed by atoms with Crippen molar-refractivity contribution in [1.82, 2.24) is 26.0 Å². The van der Waals surface area contributed by atoms with E-state index in [1.807, 2.05) is 18.2 Å². The maximum atomic E-state index is 13.6. The van der Waals surface area contributed by atoms with Gasteiger partial charge in [0, 0.05) is 68.7 Å². The third kappa shape index (κ3) is 18.4. The number of Topliss-reactive ketones (excluding diaryl/α,β-unsaturated/α-hetero) is 1. The summed E-state index contributed by atoms with van der Waals surface area (Å²) >= 11 is 0. The molecule has 1 aliphatic heterocycles. The predicted molar refractivity (Wildman–Crippen MR) is 217 cm³/mol. The second kappa shape index (κ2) is 26.0. The van der Waals surface area contributed by atoms with E-state index in [2.05, 4.69) is 26.3 Å². The first-order chi connectivity index (χ1) is 27.8. The molecule has 316 valence electrons. The van der Waals surface area contributed by atoms with Crippen molar-refractivity contribution >= 4 is 74.8 Å². The van der Waals surface area contributed by atoms with Crippen LogP contribution >= 0.6 is 21.6 Å². The van der Waals surface area contributed by atoms with Crippen LogP contribution in [0.4, 0.5) is 15.3 Å². The number of hydrogen-bond acceptors (Lipinski definition) is 13. The van der Waals surface area contributed by atoms with Crippen LogP contribution in [-0.2, 0) is 44.9 Å². The quantitative estimate of drug-likeness (QED) is 0.0486. The number of imide groups is 1. The number of ether oxygens (including phenoxy) is 1. The first-order valence-electron chi connectivity index (χ1n) is 19.2. The SMILES string of the molecule is CC(C)[C@H](NC(=O)CCCCCCC(=O)ON1C(=O)CCC1=O)C(=O)C[C@@H](CCCNC(N)=O)C(=O)Nc1ccc(COC(=O)NCCSSc2ccccn2)cc1. The second-order valence-corrected chi connectivity index (χ2v) is 16.2. The summed E-state index contributed by atoms with van der Waals surface area (Å²) in [6.07, 6.45) is 4.06. The maximum Gasteiger partial charge on any atom is 0.407 e. The minimum atomic E-state index is -0.835. The van der Waals surface area contributed by atoms with Gasteiger partial charge in [-0.15, -0.1) is 5.06 Å². The van der Waals surface area contributed by atoms with E-state index in [9.17, 15) is 38.4 Å². The van der Waals surface area contributed by atoms with Gasteiger partial charge in [-0.3, -0.25) is 24.0 Å². The van der Waals surface area contributed by atoms with Crippen molar-refractivity contribution in [2.45, 2.75) is 102 Å². The number of nitrogens with one attached hydrogen (secondary N) is 4. The van der Waals surface area contributed by atoms with Gasteiger partial charge in [0.15, 0.2) is 5.78 Å². The van der Waals surface area contributed by atoms with Crippen molar-refractivity contribution in [2.75, 3.05) is 24.2 Å². The molecule has 2 atom stereocenters. The number of urea groups is 1. The first-order valence-corrected chi connectivity index (χ1v) is 21.6. The number of rotatable bonds is 26. The highest BCUT2D eigenvalue weighted by Crippen LogP contribution is 2.28. The molecule has 0 aliphatic carbocycles. The van der Waals surface area contributed by atoms with E-state index in [0.717, 1.165) is 5.03 Å². The molecule has 0 saturated carbocycles. The molecular formula is C39H53N7O10S2. The number of pyridine rings is 1.